The molecule has 0 fully saturated rings. The first-order chi connectivity index (χ1) is 0. The van der Waals surface area contributed by atoms with Crippen molar-refractivity contribution in [2.24, 2.45) is 0 Å². The van der Waals surface area contributed by atoms with Gasteiger partial charge in [-0.2, -0.15) is 0 Å². The number of hydrogen-bond donors (Lipinski definition) is 0. The molecule has 0 aliphatic carbocycles. The third-order valence-corrected chi connectivity index (χ3v) is 0. The molecule has 3 radical (unpaired) electrons. The molecule has 0 nitrogen and oxygen atoms in total. The first kappa shape index (κ1) is 31.2. The second-order valence-electron chi connectivity index (χ2n) is 0. The summed E-state index contributed by atoms with van der Waals surface area (Å²) in [5.41, 5.74) is 0. The Bertz CT molecular complexity index is 8.00. The van der Waals surface area contributed by atoms with Crippen molar-refractivity contribution in [2.45, 2.75) is 0 Å². The van der Waals surface area contributed by atoms with Crippen molar-refractivity contribution in [3.63, 3.8) is 0 Å². The van der Waals surface area contributed by atoms with E-state index < -0.39 is 0 Å². The molecule has 29 valence electrons. The van der Waals surface area contributed by atoms with E-state index in [9.17, 15) is 0 Å². The van der Waals surface area contributed by atoms with E-state index in [0.717, 1.165) is 0 Å². The van der Waals surface area contributed by atoms with E-state index in [1.165, 1.54) is 0 Å². The standard InChI is InChI=1S/Cu.Mn.Na.Ni. The van der Waals surface area contributed by atoms with E-state index in [1.807, 2.05) is 0 Å². The van der Waals surface area contributed by atoms with Gasteiger partial charge in [-0.15, -0.1) is 0 Å². The van der Waals surface area contributed by atoms with Crippen LogP contribution in [0.25, 0.3) is 0 Å². The molecule has 0 aliphatic rings. The summed E-state index contributed by atoms with van der Waals surface area (Å²) in [6, 6.07) is 0. The molecule has 0 aliphatic heterocycles. The van der Waals surface area contributed by atoms with Gasteiger partial charge in [0.1, 0.15) is 0 Å². The normalized spacial score (nSPS) is 0. The summed E-state index contributed by atoms with van der Waals surface area (Å²) in [7, 11) is 0. The maximum absolute atomic E-state index is 0. The molecule has 0 aromatic rings. The van der Waals surface area contributed by atoms with E-state index in [2.05, 4.69) is 0 Å². The predicted octanol–water partition coefficient (Wildman–Crippen LogP) is -0.388. The van der Waals surface area contributed by atoms with Gasteiger partial charge in [0.25, 0.3) is 0 Å². The van der Waals surface area contributed by atoms with Gasteiger partial charge in [0, 0.05) is 80.2 Å². The molecule has 0 unspecified atom stereocenters. The first-order valence-corrected chi connectivity index (χ1v) is 0. The van der Waals surface area contributed by atoms with Crippen molar-refractivity contribution < 1.29 is 50.6 Å². The van der Waals surface area contributed by atoms with Crippen molar-refractivity contribution in [3.05, 3.63) is 0 Å². The maximum atomic E-state index is 0. The van der Waals surface area contributed by atoms with E-state index in [-0.39, 0.29) is 80.2 Å². The second-order valence-corrected chi connectivity index (χ2v) is 0. The van der Waals surface area contributed by atoms with E-state index >= 15 is 0 Å². The summed E-state index contributed by atoms with van der Waals surface area (Å²) in [5, 5.41) is 0. The summed E-state index contributed by atoms with van der Waals surface area (Å²) in [6.07, 6.45) is 0. The fourth-order valence-corrected chi connectivity index (χ4v) is 0. The van der Waals surface area contributed by atoms with Crippen LogP contribution in [-0.2, 0) is 50.6 Å². The Morgan fingerprint density at radius 2 is 1.00 bits per heavy atom. The topological polar surface area (TPSA) is 0 Å². The van der Waals surface area contributed by atoms with Gasteiger partial charge >= 0.3 is 0 Å². The summed E-state index contributed by atoms with van der Waals surface area (Å²) in [6.45, 7) is 0. The van der Waals surface area contributed by atoms with Gasteiger partial charge in [-0.05, 0) is 0 Å². The molecular weight excluding hydrogens is 200 g/mol. The molecule has 0 saturated carbocycles. The smallest absolute Gasteiger partial charge is 0 e. The monoisotopic (exact) mass is 199 g/mol. The van der Waals surface area contributed by atoms with Crippen LogP contribution in [-0.4, -0.2) is 29.6 Å². The van der Waals surface area contributed by atoms with Crippen LogP contribution in [0.1, 0.15) is 0 Å². The molecule has 0 rings (SSSR count). The van der Waals surface area contributed by atoms with Gasteiger partial charge in [-0.1, -0.05) is 0 Å². The van der Waals surface area contributed by atoms with Crippen molar-refractivity contribution in [2.75, 3.05) is 0 Å². The third-order valence-electron chi connectivity index (χ3n) is 0. The molecular formula is CuMnNaNi. The molecule has 0 amide bonds. The summed E-state index contributed by atoms with van der Waals surface area (Å²) >= 11 is 0. The molecule has 4 heteroatoms. The Morgan fingerprint density at radius 1 is 1.00 bits per heavy atom. The molecule has 0 spiro atoms. The molecule has 0 bridgehead atoms. The third kappa shape index (κ3) is 8.82. The minimum absolute atomic E-state index is 0. The van der Waals surface area contributed by atoms with Gasteiger partial charge in [-0.25, -0.2) is 0 Å². The molecule has 0 aromatic carbocycles. The molecule has 4 heavy (non-hydrogen) atoms. The van der Waals surface area contributed by atoms with Crippen LogP contribution in [0.4, 0.5) is 0 Å². The molecule has 0 saturated heterocycles. The Hall–Kier alpha value is 2.53. The minimum atomic E-state index is 0. The summed E-state index contributed by atoms with van der Waals surface area (Å²) in [5.74, 6) is 0. The van der Waals surface area contributed by atoms with E-state index in [4.69, 9.17) is 0 Å². The molecule has 0 heterocycles. The van der Waals surface area contributed by atoms with Gasteiger partial charge in [-0.3, -0.25) is 0 Å². The van der Waals surface area contributed by atoms with Gasteiger partial charge in [0.15, 0.2) is 0 Å². The number of hydrogen-bond acceptors (Lipinski definition) is 0. The zero-order valence-electron chi connectivity index (χ0n) is 2.00. The fraction of sp³-hybridized carbons (Fsp3) is 0. The minimum Gasteiger partial charge on any atom is 0 e. The average molecular weight is 200 g/mol. The second kappa shape index (κ2) is 17.7. The zero-order chi connectivity index (χ0) is 0. The SMILES string of the molecule is [Cu].[Mn].[Na].[Ni]. The van der Waals surface area contributed by atoms with Crippen LogP contribution in [0.2, 0.25) is 0 Å². The molecule has 0 atom stereocenters. The van der Waals surface area contributed by atoms with E-state index in [0.29, 0.717) is 0 Å². The Kier molecular flexibility index (Phi) is 138. The Morgan fingerprint density at radius 3 is 1.00 bits per heavy atom. The zero-order valence-corrected chi connectivity index (χ0v) is 7.11. The van der Waals surface area contributed by atoms with Gasteiger partial charge in [0.2, 0.25) is 0 Å². The first-order valence-electron chi connectivity index (χ1n) is 0. The largest absolute Gasteiger partial charge is 0 e. The van der Waals surface area contributed by atoms with Gasteiger partial charge in [0.05, 0.1) is 0 Å². The summed E-state index contributed by atoms with van der Waals surface area (Å²) in [4.78, 5) is 0. The number of rotatable bonds is 0. The Labute approximate surface area is 79.0 Å². The quantitative estimate of drug-likeness (QED) is 0.467. The Balaban J connectivity index is 0. The predicted molar refractivity (Wildman–Crippen MR) is 5.75 cm³/mol. The fourth-order valence-electron chi connectivity index (χ4n) is 0. The van der Waals surface area contributed by atoms with E-state index in [1.54, 1.807) is 0 Å². The van der Waals surface area contributed by atoms with Crippen LogP contribution in [0.15, 0.2) is 0 Å². The van der Waals surface area contributed by atoms with Crippen molar-refractivity contribution in [3.8, 4) is 0 Å². The van der Waals surface area contributed by atoms with Gasteiger partial charge < -0.3 is 0 Å². The van der Waals surface area contributed by atoms with Crippen LogP contribution < -0.4 is 0 Å². The van der Waals surface area contributed by atoms with Crippen LogP contribution >= 0.6 is 0 Å². The van der Waals surface area contributed by atoms with Crippen molar-refractivity contribution >= 4 is 29.6 Å². The van der Waals surface area contributed by atoms with Crippen LogP contribution in [0, 0.1) is 0 Å². The van der Waals surface area contributed by atoms with Crippen molar-refractivity contribution in [1.82, 2.24) is 0 Å². The average Bonchev–Trinajstić information content (AvgIpc) is 0. The van der Waals surface area contributed by atoms with Crippen LogP contribution in [0.3, 0.4) is 0 Å². The van der Waals surface area contributed by atoms with Crippen molar-refractivity contribution in [1.29, 1.82) is 0 Å². The van der Waals surface area contributed by atoms with Crippen LogP contribution in [0.5, 0.6) is 0 Å². The summed E-state index contributed by atoms with van der Waals surface area (Å²) < 4.78 is 0. The maximum Gasteiger partial charge on any atom is 0 e. The molecule has 0 aromatic heterocycles. The molecule has 0 N–H and O–H groups in total.